The SMILES string of the molecule is C=C(/C=C\C=C/C)c1cc(C(C)=O)c(N)[nH]1. The predicted molar refractivity (Wildman–Crippen MR) is 68.2 cm³/mol. The van der Waals surface area contributed by atoms with Crippen LogP contribution in [0.2, 0.25) is 0 Å². The molecule has 1 aromatic heterocycles. The number of Topliss-reactive ketones (excluding diaryl/α,β-unsaturated/α-hetero) is 1. The van der Waals surface area contributed by atoms with Crippen LogP contribution in [0.15, 0.2) is 36.9 Å². The summed E-state index contributed by atoms with van der Waals surface area (Å²) in [5, 5.41) is 0. The molecule has 3 nitrogen and oxygen atoms in total. The second-order valence-corrected chi connectivity index (χ2v) is 3.48. The molecule has 0 saturated carbocycles. The Bertz CT molecular complexity index is 464. The number of carbonyl (C=O) groups excluding carboxylic acids is 1. The second-order valence-electron chi connectivity index (χ2n) is 3.48. The lowest BCUT2D eigenvalue weighted by Gasteiger charge is -1.93. The Morgan fingerprint density at radius 1 is 1.50 bits per heavy atom. The molecule has 84 valence electrons. The Labute approximate surface area is 95.4 Å². The molecular formula is C13H16N2O. The number of hydrogen-bond acceptors (Lipinski definition) is 2. The van der Waals surface area contributed by atoms with Gasteiger partial charge in [-0.3, -0.25) is 4.79 Å². The summed E-state index contributed by atoms with van der Waals surface area (Å²) in [6.07, 6.45) is 7.57. The molecule has 0 spiro atoms. The largest absolute Gasteiger partial charge is 0.385 e. The normalized spacial score (nSPS) is 11.4. The number of carbonyl (C=O) groups is 1. The highest BCUT2D eigenvalue weighted by Gasteiger charge is 2.09. The first kappa shape index (κ1) is 12.0. The smallest absolute Gasteiger partial charge is 0.163 e. The maximum Gasteiger partial charge on any atom is 0.163 e. The quantitative estimate of drug-likeness (QED) is 0.600. The van der Waals surface area contributed by atoms with E-state index >= 15 is 0 Å². The third-order valence-electron chi connectivity index (χ3n) is 2.17. The van der Waals surface area contributed by atoms with Crippen molar-refractivity contribution in [2.45, 2.75) is 13.8 Å². The maximum atomic E-state index is 11.2. The molecule has 0 aliphatic carbocycles. The lowest BCUT2D eigenvalue weighted by molar-refractivity contribution is 0.101. The number of rotatable bonds is 4. The Hall–Kier alpha value is -2.03. The fourth-order valence-electron chi connectivity index (χ4n) is 1.31. The van der Waals surface area contributed by atoms with Gasteiger partial charge < -0.3 is 10.7 Å². The van der Waals surface area contributed by atoms with Crippen molar-refractivity contribution in [2.24, 2.45) is 0 Å². The molecule has 0 unspecified atom stereocenters. The average molecular weight is 216 g/mol. The minimum absolute atomic E-state index is 0.0507. The van der Waals surface area contributed by atoms with E-state index in [4.69, 9.17) is 5.73 Å². The Morgan fingerprint density at radius 2 is 2.19 bits per heavy atom. The summed E-state index contributed by atoms with van der Waals surface area (Å²) >= 11 is 0. The average Bonchev–Trinajstić information content (AvgIpc) is 2.60. The van der Waals surface area contributed by atoms with Gasteiger partial charge >= 0.3 is 0 Å². The molecule has 0 bridgehead atoms. The van der Waals surface area contributed by atoms with Gasteiger partial charge in [0.2, 0.25) is 0 Å². The van der Waals surface area contributed by atoms with Crippen LogP contribution in [0.25, 0.3) is 5.57 Å². The molecule has 0 fully saturated rings. The van der Waals surface area contributed by atoms with E-state index in [9.17, 15) is 4.79 Å². The number of anilines is 1. The van der Waals surface area contributed by atoms with Crippen molar-refractivity contribution in [3.05, 3.63) is 48.2 Å². The number of hydrogen-bond donors (Lipinski definition) is 2. The van der Waals surface area contributed by atoms with Crippen molar-refractivity contribution in [1.29, 1.82) is 0 Å². The van der Waals surface area contributed by atoms with Gasteiger partial charge in [-0.25, -0.2) is 0 Å². The van der Waals surface area contributed by atoms with Crippen LogP contribution in [0.3, 0.4) is 0 Å². The zero-order chi connectivity index (χ0) is 12.1. The highest BCUT2D eigenvalue weighted by atomic mass is 16.1. The van der Waals surface area contributed by atoms with Crippen LogP contribution >= 0.6 is 0 Å². The second kappa shape index (κ2) is 5.16. The summed E-state index contributed by atoms with van der Waals surface area (Å²) in [6, 6.07) is 1.72. The van der Waals surface area contributed by atoms with Gasteiger partial charge in [0.05, 0.1) is 5.56 Å². The van der Waals surface area contributed by atoms with E-state index in [-0.39, 0.29) is 5.78 Å². The van der Waals surface area contributed by atoms with E-state index < -0.39 is 0 Å². The van der Waals surface area contributed by atoms with E-state index in [1.807, 2.05) is 31.2 Å². The summed E-state index contributed by atoms with van der Waals surface area (Å²) in [5.41, 5.74) is 7.75. The fraction of sp³-hybridized carbons (Fsp3) is 0.154. The van der Waals surface area contributed by atoms with E-state index in [1.165, 1.54) is 6.92 Å². The molecule has 0 aromatic carbocycles. The third-order valence-corrected chi connectivity index (χ3v) is 2.17. The minimum Gasteiger partial charge on any atom is -0.385 e. The van der Waals surface area contributed by atoms with Crippen LogP contribution in [0.1, 0.15) is 29.9 Å². The monoisotopic (exact) mass is 216 g/mol. The van der Waals surface area contributed by atoms with Crippen molar-refractivity contribution in [3.8, 4) is 0 Å². The molecule has 0 atom stereocenters. The van der Waals surface area contributed by atoms with Crippen molar-refractivity contribution in [1.82, 2.24) is 4.98 Å². The Balaban J connectivity index is 2.93. The van der Waals surface area contributed by atoms with E-state index in [2.05, 4.69) is 11.6 Å². The van der Waals surface area contributed by atoms with Crippen LogP contribution in [0.4, 0.5) is 5.82 Å². The molecule has 0 aliphatic heterocycles. The fourth-order valence-corrected chi connectivity index (χ4v) is 1.31. The Morgan fingerprint density at radius 3 is 2.69 bits per heavy atom. The molecule has 3 heteroatoms. The molecule has 0 aliphatic rings. The first-order chi connectivity index (χ1) is 7.56. The number of nitrogens with one attached hydrogen (secondary N) is 1. The highest BCUT2D eigenvalue weighted by Crippen LogP contribution is 2.19. The summed E-state index contributed by atoms with van der Waals surface area (Å²) in [6.45, 7) is 7.32. The minimum atomic E-state index is -0.0507. The molecule has 16 heavy (non-hydrogen) atoms. The van der Waals surface area contributed by atoms with E-state index in [0.29, 0.717) is 11.4 Å². The van der Waals surface area contributed by atoms with Crippen molar-refractivity contribution < 1.29 is 4.79 Å². The first-order valence-corrected chi connectivity index (χ1v) is 5.04. The van der Waals surface area contributed by atoms with Crippen molar-refractivity contribution in [3.63, 3.8) is 0 Å². The molecule has 0 saturated heterocycles. The van der Waals surface area contributed by atoms with Crippen LogP contribution < -0.4 is 5.73 Å². The summed E-state index contributed by atoms with van der Waals surface area (Å²) in [7, 11) is 0. The van der Waals surface area contributed by atoms with E-state index in [0.717, 1.165) is 11.3 Å². The highest BCUT2D eigenvalue weighted by molar-refractivity contribution is 5.99. The molecular weight excluding hydrogens is 200 g/mol. The van der Waals surface area contributed by atoms with Gasteiger partial charge in [-0.05, 0) is 25.5 Å². The lowest BCUT2D eigenvalue weighted by Crippen LogP contribution is -1.95. The number of ketones is 1. The predicted octanol–water partition coefficient (Wildman–Crippen LogP) is 2.95. The third kappa shape index (κ3) is 2.73. The standard InChI is InChI=1S/C13H16N2O/c1-4-5-6-7-9(2)12-8-11(10(3)16)13(14)15-12/h4-8,15H,2,14H2,1,3H3/b5-4-,7-6-. The number of aromatic amines is 1. The first-order valence-electron chi connectivity index (χ1n) is 5.04. The molecule has 1 heterocycles. The molecule has 3 N–H and O–H groups in total. The van der Waals surface area contributed by atoms with Crippen LogP contribution in [-0.2, 0) is 0 Å². The van der Waals surface area contributed by atoms with Gasteiger partial charge in [-0.2, -0.15) is 0 Å². The Kier molecular flexibility index (Phi) is 3.89. The number of H-pyrrole nitrogens is 1. The zero-order valence-electron chi connectivity index (χ0n) is 9.58. The molecule has 0 radical (unpaired) electrons. The molecule has 1 aromatic rings. The maximum absolute atomic E-state index is 11.2. The summed E-state index contributed by atoms with van der Waals surface area (Å²) < 4.78 is 0. The van der Waals surface area contributed by atoms with Crippen LogP contribution in [0.5, 0.6) is 0 Å². The topological polar surface area (TPSA) is 58.9 Å². The van der Waals surface area contributed by atoms with E-state index in [1.54, 1.807) is 6.07 Å². The van der Waals surface area contributed by atoms with Crippen LogP contribution in [-0.4, -0.2) is 10.8 Å². The zero-order valence-corrected chi connectivity index (χ0v) is 9.58. The van der Waals surface area contributed by atoms with Gasteiger partial charge in [0.15, 0.2) is 5.78 Å². The van der Waals surface area contributed by atoms with Crippen molar-refractivity contribution in [2.75, 3.05) is 5.73 Å². The van der Waals surface area contributed by atoms with Gasteiger partial charge in [0.25, 0.3) is 0 Å². The number of nitrogens with two attached hydrogens (primary N) is 1. The van der Waals surface area contributed by atoms with Gasteiger partial charge in [0.1, 0.15) is 5.82 Å². The lowest BCUT2D eigenvalue weighted by atomic mass is 10.1. The van der Waals surface area contributed by atoms with Crippen molar-refractivity contribution >= 4 is 17.2 Å². The van der Waals surface area contributed by atoms with Gasteiger partial charge in [-0.15, -0.1) is 0 Å². The summed E-state index contributed by atoms with van der Waals surface area (Å²) in [5.74, 6) is 0.341. The number of allylic oxidation sites excluding steroid dienone is 5. The number of aromatic nitrogens is 1. The molecule has 0 amide bonds. The summed E-state index contributed by atoms with van der Waals surface area (Å²) in [4.78, 5) is 14.1. The van der Waals surface area contributed by atoms with Gasteiger partial charge in [0, 0.05) is 5.69 Å². The number of nitrogen functional groups attached to an aromatic ring is 1. The van der Waals surface area contributed by atoms with Gasteiger partial charge in [-0.1, -0.05) is 30.9 Å². The molecule has 1 rings (SSSR count). The van der Waals surface area contributed by atoms with Crippen LogP contribution in [0, 0.1) is 0 Å².